The third kappa shape index (κ3) is 2.67. The number of piperidine rings is 1. The minimum Gasteiger partial charge on any atom is -0.464 e. The second kappa shape index (κ2) is 5.88. The van der Waals surface area contributed by atoms with E-state index in [1.165, 1.54) is 9.96 Å². The molecule has 2 heterocycles. The molecule has 8 heteroatoms. The third-order valence-corrected chi connectivity index (χ3v) is 4.31. The number of ether oxygens (including phenoxy) is 1. The number of hydrogen-bond donors (Lipinski definition) is 1. The van der Waals surface area contributed by atoms with Gasteiger partial charge in [0.15, 0.2) is 6.61 Å². The minimum absolute atomic E-state index is 0.0346. The van der Waals surface area contributed by atoms with Crippen LogP contribution in [0.2, 0.25) is 0 Å². The molecule has 2 bridgehead atoms. The first-order chi connectivity index (χ1) is 9.88. The van der Waals surface area contributed by atoms with Gasteiger partial charge in [-0.2, -0.15) is 5.06 Å². The molecule has 2 aliphatic heterocycles. The Kier molecular flexibility index (Phi) is 4.36. The van der Waals surface area contributed by atoms with Gasteiger partial charge in [-0.1, -0.05) is 13.8 Å². The fourth-order valence-electron chi connectivity index (χ4n) is 3.04. The van der Waals surface area contributed by atoms with E-state index in [0.29, 0.717) is 6.54 Å². The maximum absolute atomic E-state index is 12.3. The zero-order valence-electron chi connectivity index (χ0n) is 12.4. The molecule has 2 fully saturated rings. The molecule has 118 valence electrons. The average Bonchev–Trinajstić information content (AvgIpc) is 2.69. The highest BCUT2D eigenvalue weighted by Gasteiger charge is 2.54. The monoisotopic (exact) mass is 299 g/mol. The fraction of sp³-hybridized carbons (Fsp3) is 0.769. The molecule has 0 aromatic carbocycles. The lowest BCUT2D eigenvalue weighted by molar-refractivity contribution is -0.175. The van der Waals surface area contributed by atoms with Crippen molar-refractivity contribution in [2.24, 2.45) is 17.6 Å². The number of hydrogen-bond acceptors (Lipinski definition) is 5. The summed E-state index contributed by atoms with van der Waals surface area (Å²) in [7, 11) is 0. The molecular formula is C13H21N3O5. The number of nitrogens with zero attached hydrogens (tertiary/aromatic N) is 2. The molecule has 0 saturated carbocycles. The standard InChI is InChI=1S/C13H21N3O5/c1-4-20-10(17)6-21-16-9-5-15(13(16)19)11(12(14)18)8(3)7(9)2/h7-9,11H,4-6H2,1-3H3,(H2,14,18)/t7?,8?,9-,11?/m0/s1. The SMILES string of the molecule is CCOC(=O)CON1C(=O)N2C[C@H]1C(C)C(C)C2C(N)=O. The Bertz CT molecular complexity index is 455. The predicted octanol–water partition coefficient (Wildman–Crippen LogP) is -0.273. The van der Waals surface area contributed by atoms with Gasteiger partial charge < -0.3 is 15.4 Å². The summed E-state index contributed by atoms with van der Waals surface area (Å²) in [6, 6.07) is -1.26. The van der Waals surface area contributed by atoms with Crippen molar-refractivity contribution in [2.45, 2.75) is 32.9 Å². The van der Waals surface area contributed by atoms with Gasteiger partial charge in [0.2, 0.25) is 5.91 Å². The number of esters is 1. The van der Waals surface area contributed by atoms with Crippen LogP contribution in [0, 0.1) is 11.8 Å². The van der Waals surface area contributed by atoms with E-state index >= 15 is 0 Å². The van der Waals surface area contributed by atoms with Gasteiger partial charge in [-0.05, 0) is 18.8 Å². The molecule has 0 aromatic heterocycles. The number of carbonyl (C=O) groups is 3. The van der Waals surface area contributed by atoms with Crippen LogP contribution < -0.4 is 5.73 Å². The van der Waals surface area contributed by atoms with Gasteiger partial charge in [-0.3, -0.25) is 9.63 Å². The van der Waals surface area contributed by atoms with Gasteiger partial charge >= 0.3 is 12.0 Å². The number of primary amides is 1. The number of carbonyl (C=O) groups excluding carboxylic acids is 3. The van der Waals surface area contributed by atoms with Crippen molar-refractivity contribution in [3.05, 3.63) is 0 Å². The molecule has 2 aliphatic rings. The van der Waals surface area contributed by atoms with Crippen LogP contribution >= 0.6 is 0 Å². The zero-order chi connectivity index (χ0) is 15.7. The normalized spacial score (nSPS) is 31.5. The van der Waals surface area contributed by atoms with Crippen molar-refractivity contribution in [3.8, 4) is 0 Å². The van der Waals surface area contributed by atoms with Gasteiger partial charge in [0.25, 0.3) is 0 Å². The molecule has 21 heavy (non-hydrogen) atoms. The van der Waals surface area contributed by atoms with E-state index in [4.69, 9.17) is 15.3 Å². The van der Waals surface area contributed by atoms with Crippen LogP contribution in [0.3, 0.4) is 0 Å². The summed E-state index contributed by atoms with van der Waals surface area (Å²) in [5.74, 6) is -1.09. The van der Waals surface area contributed by atoms with Crippen LogP contribution in [0.25, 0.3) is 0 Å². The molecule has 0 aliphatic carbocycles. The predicted molar refractivity (Wildman–Crippen MR) is 71.6 cm³/mol. The van der Waals surface area contributed by atoms with Crippen LogP contribution in [-0.2, 0) is 19.2 Å². The largest absolute Gasteiger partial charge is 0.464 e. The van der Waals surface area contributed by atoms with Crippen molar-refractivity contribution in [2.75, 3.05) is 19.8 Å². The summed E-state index contributed by atoms with van der Waals surface area (Å²) in [5.41, 5.74) is 5.41. The minimum atomic E-state index is -0.639. The number of amides is 3. The van der Waals surface area contributed by atoms with E-state index in [2.05, 4.69) is 0 Å². The van der Waals surface area contributed by atoms with Gasteiger partial charge in [0, 0.05) is 6.54 Å². The first kappa shape index (κ1) is 15.6. The van der Waals surface area contributed by atoms with Crippen molar-refractivity contribution in [3.63, 3.8) is 0 Å². The molecule has 4 atom stereocenters. The maximum Gasteiger partial charge on any atom is 0.345 e. The van der Waals surface area contributed by atoms with Crippen molar-refractivity contribution in [1.29, 1.82) is 0 Å². The molecule has 8 nitrogen and oxygen atoms in total. The number of urea groups is 1. The fourth-order valence-corrected chi connectivity index (χ4v) is 3.04. The van der Waals surface area contributed by atoms with Crippen molar-refractivity contribution in [1.82, 2.24) is 9.96 Å². The van der Waals surface area contributed by atoms with Crippen LogP contribution in [0.5, 0.6) is 0 Å². The quantitative estimate of drug-likeness (QED) is 0.704. The van der Waals surface area contributed by atoms with E-state index in [-0.39, 0.29) is 31.1 Å². The Morgan fingerprint density at radius 2 is 2.00 bits per heavy atom. The number of nitrogens with two attached hydrogens (primary N) is 1. The third-order valence-electron chi connectivity index (χ3n) is 4.31. The Balaban J connectivity index is 2.10. The highest BCUT2D eigenvalue weighted by molar-refractivity contribution is 5.88. The lowest BCUT2D eigenvalue weighted by Gasteiger charge is -2.38. The van der Waals surface area contributed by atoms with Crippen molar-refractivity contribution >= 4 is 17.9 Å². The van der Waals surface area contributed by atoms with E-state index in [1.54, 1.807) is 6.92 Å². The van der Waals surface area contributed by atoms with Gasteiger partial charge in [0.1, 0.15) is 6.04 Å². The summed E-state index contributed by atoms with van der Waals surface area (Å²) in [5, 5.41) is 1.18. The van der Waals surface area contributed by atoms with E-state index in [0.717, 1.165) is 0 Å². The number of hydroxylamine groups is 2. The lowest BCUT2D eigenvalue weighted by atomic mass is 9.80. The molecule has 3 unspecified atom stereocenters. The Labute approximate surface area is 123 Å². The topological polar surface area (TPSA) is 102 Å². The van der Waals surface area contributed by atoms with Crippen LogP contribution in [0.1, 0.15) is 20.8 Å². The highest BCUT2D eigenvalue weighted by Crippen LogP contribution is 2.37. The maximum atomic E-state index is 12.3. The molecule has 3 amide bonds. The van der Waals surface area contributed by atoms with Crippen LogP contribution in [0.4, 0.5) is 4.79 Å². The second-order valence-electron chi connectivity index (χ2n) is 5.47. The Morgan fingerprint density at radius 1 is 1.33 bits per heavy atom. The van der Waals surface area contributed by atoms with Crippen LogP contribution in [-0.4, -0.2) is 59.7 Å². The van der Waals surface area contributed by atoms with Crippen molar-refractivity contribution < 1.29 is 24.0 Å². The first-order valence-electron chi connectivity index (χ1n) is 7.06. The average molecular weight is 299 g/mol. The highest BCUT2D eigenvalue weighted by atomic mass is 16.7. The zero-order valence-corrected chi connectivity index (χ0v) is 12.4. The summed E-state index contributed by atoms with van der Waals surface area (Å²) in [6.07, 6.45) is 0. The van der Waals surface area contributed by atoms with Crippen LogP contribution in [0.15, 0.2) is 0 Å². The Morgan fingerprint density at radius 3 is 2.57 bits per heavy atom. The molecular weight excluding hydrogens is 278 g/mol. The van der Waals surface area contributed by atoms with Gasteiger partial charge in [0.05, 0.1) is 12.6 Å². The first-order valence-corrected chi connectivity index (χ1v) is 7.06. The molecule has 0 radical (unpaired) electrons. The molecule has 0 aromatic rings. The molecule has 2 N–H and O–H groups in total. The summed E-state index contributed by atoms with van der Waals surface area (Å²) in [6.45, 7) is 5.83. The van der Waals surface area contributed by atoms with E-state index < -0.39 is 23.9 Å². The molecule has 0 spiro atoms. The number of rotatable bonds is 5. The van der Waals surface area contributed by atoms with E-state index in [1.807, 2.05) is 13.8 Å². The summed E-state index contributed by atoms with van der Waals surface area (Å²) < 4.78 is 4.77. The molecule has 2 rings (SSSR count). The summed E-state index contributed by atoms with van der Waals surface area (Å²) >= 11 is 0. The number of fused-ring (bicyclic) bond motifs is 2. The molecule has 2 saturated heterocycles. The van der Waals surface area contributed by atoms with Gasteiger partial charge in [-0.15, -0.1) is 0 Å². The smallest absolute Gasteiger partial charge is 0.345 e. The lowest BCUT2D eigenvalue weighted by Crippen LogP contribution is -2.55. The van der Waals surface area contributed by atoms with E-state index in [9.17, 15) is 14.4 Å². The Hall–Kier alpha value is -1.83. The second-order valence-corrected chi connectivity index (χ2v) is 5.47. The summed E-state index contributed by atoms with van der Waals surface area (Å²) in [4.78, 5) is 42.0. The van der Waals surface area contributed by atoms with Gasteiger partial charge in [-0.25, -0.2) is 9.59 Å².